The summed E-state index contributed by atoms with van der Waals surface area (Å²) < 4.78 is 0. The van der Waals surface area contributed by atoms with Crippen LogP contribution in [-0.4, -0.2) is 46.8 Å². The van der Waals surface area contributed by atoms with Gasteiger partial charge in [0.15, 0.2) is 0 Å². The molecule has 4 saturated carbocycles. The van der Waals surface area contributed by atoms with E-state index in [9.17, 15) is 0 Å². The second-order valence-electron chi connectivity index (χ2n) is 15.7. The molecule has 0 aromatic heterocycles. The molecule has 0 spiro atoms. The summed E-state index contributed by atoms with van der Waals surface area (Å²) in [6.45, 7) is 5.25. The molecule has 1 saturated heterocycles. The van der Waals surface area contributed by atoms with Gasteiger partial charge in [-0.05, 0) is 140 Å². The molecule has 0 amide bonds. The lowest BCUT2D eigenvalue weighted by Crippen LogP contribution is -2.47. The van der Waals surface area contributed by atoms with E-state index in [1.165, 1.54) is 57.8 Å². The second-order valence-corrected chi connectivity index (χ2v) is 24.7. The van der Waals surface area contributed by atoms with Gasteiger partial charge in [-0.15, -0.1) is 0 Å². The van der Waals surface area contributed by atoms with Crippen LogP contribution in [0.2, 0.25) is 0 Å². The molecular formula is C39H66P2+2. The van der Waals surface area contributed by atoms with E-state index in [0.29, 0.717) is 0 Å². The van der Waals surface area contributed by atoms with Crippen LogP contribution in [-0.2, 0) is 0 Å². The van der Waals surface area contributed by atoms with Crippen molar-refractivity contribution in [3.05, 3.63) is 36.0 Å². The van der Waals surface area contributed by atoms with Crippen molar-refractivity contribution >= 4 is 14.5 Å². The number of allylic oxidation sites excluding steroid dienone is 5. The third-order valence-corrected chi connectivity index (χ3v) is 26.7. The minimum atomic E-state index is -1.09. The van der Waals surface area contributed by atoms with E-state index in [0.717, 1.165) is 28.3 Å². The molecule has 5 aliphatic carbocycles. The van der Waals surface area contributed by atoms with Gasteiger partial charge in [0.1, 0.15) is 11.8 Å². The summed E-state index contributed by atoms with van der Waals surface area (Å²) in [7, 11) is -2.06. The summed E-state index contributed by atoms with van der Waals surface area (Å²) in [6.07, 6.45) is 50.4. The van der Waals surface area contributed by atoms with Gasteiger partial charge in [-0.3, -0.25) is 0 Å². The molecule has 0 aromatic rings. The molecule has 0 N–H and O–H groups in total. The molecule has 0 unspecified atom stereocenters. The van der Waals surface area contributed by atoms with E-state index >= 15 is 0 Å². The first-order chi connectivity index (χ1) is 20.2. The van der Waals surface area contributed by atoms with E-state index in [4.69, 9.17) is 6.58 Å². The van der Waals surface area contributed by atoms with E-state index < -0.39 is 14.5 Å². The van der Waals surface area contributed by atoms with Crippen LogP contribution in [0.3, 0.4) is 0 Å². The monoisotopic (exact) mass is 596 g/mol. The molecule has 1 heterocycles. The Labute approximate surface area is 257 Å². The van der Waals surface area contributed by atoms with Crippen molar-refractivity contribution in [2.45, 2.75) is 189 Å². The average molecular weight is 597 g/mol. The van der Waals surface area contributed by atoms with Crippen molar-refractivity contribution in [1.29, 1.82) is 0 Å². The summed E-state index contributed by atoms with van der Waals surface area (Å²) in [5.74, 6) is 0. The van der Waals surface area contributed by atoms with Crippen LogP contribution in [0.5, 0.6) is 0 Å². The van der Waals surface area contributed by atoms with Crippen molar-refractivity contribution in [1.82, 2.24) is 0 Å². The van der Waals surface area contributed by atoms with Gasteiger partial charge < -0.3 is 0 Å². The molecule has 6 rings (SSSR count). The maximum absolute atomic E-state index is 5.25. The number of hydrogen-bond donors (Lipinski definition) is 0. The van der Waals surface area contributed by atoms with Gasteiger partial charge in [0, 0.05) is 14.5 Å². The molecule has 5 fully saturated rings. The van der Waals surface area contributed by atoms with Crippen molar-refractivity contribution in [2.24, 2.45) is 0 Å². The van der Waals surface area contributed by atoms with Gasteiger partial charge in [-0.2, -0.15) is 0 Å². The van der Waals surface area contributed by atoms with E-state index in [1.807, 2.05) is 0 Å². The summed E-state index contributed by atoms with van der Waals surface area (Å²) in [6, 6.07) is 0. The Morgan fingerprint density at radius 2 is 1.07 bits per heavy atom. The molecule has 0 bridgehead atoms. The Morgan fingerprint density at radius 3 is 1.61 bits per heavy atom. The second kappa shape index (κ2) is 14.9. The van der Waals surface area contributed by atoms with Crippen LogP contribution >= 0.6 is 14.5 Å². The topological polar surface area (TPSA) is 0 Å². The molecule has 1 aliphatic heterocycles. The molecule has 41 heavy (non-hydrogen) atoms. The van der Waals surface area contributed by atoms with Gasteiger partial charge in [-0.25, -0.2) is 0 Å². The normalized spacial score (nSPS) is 33.3. The predicted molar refractivity (Wildman–Crippen MR) is 189 cm³/mol. The molecule has 0 nitrogen and oxygen atoms in total. The van der Waals surface area contributed by atoms with Crippen LogP contribution in [0.25, 0.3) is 0 Å². The highest BCUT2D eigenvalue weighted by Gasteiger charge is 2.68. The minimum absolute atomic E-state index is 0.946. The molecule has 0 radical (unpaired) electrons. The molecule has 6 aliphatic rings. The van der Waals surface area contributed by atoms with E-state index in [2.05, 4.69) is 18.2 Å². The quantitative estimate of drug-likeness (QED) is 0.203. The highest BCUT2D eigenvalue weighted by molar-refractivity contribution is 7.85. The van der Waals surface area contributed by atoms with Crippen molar-refractivity contribution in [2.75, 3.05) is 18.5 Å². The van der Waals surface area contributed by atoms with E-state index in [-0.39, 0.29) is 0 Å². The van der Waals surface area contributed by atoms with Gasteiger partial charge in [0.25, 0.3) is 0 Å². The predicted octanol–water partition coefficient (Wildman–Crippen LogP) is 12.7. The molecule has 0 aromatic carbocycles. The smallest absolute Gasteiger partial charge is 0.0955 e. The lowest BCUT2D eigenvalue weighted by Gasteiger charge is -2.55. The first-order valence-electron chi connectivity index (χ1n) is 19.0. The SMILES string of the molecule is C=C(C/C1=C/CC/C=C\CC1)[C@@H]1C[P+](C2CCCCC2)(C2CCCCC2)CC[P+]1(C1CCCCC1)C1CCCCC1. The zero-order valence-corrected chi connectivity index (χ0v) is 28.8. The molecule has 1 atom stereocenters. The fourth-order valence-electron chi connectivity index (χ4n) is 11.6. The number of rotatable bonds is 7. The van der Waals surface area contributed by atoms with Crippen LogP contribution in [0.1, 0.15) is 161 Å². The standard InChI is InChI=1S/C39H66P2/c1-33(31-34-19-9-3-2-4-10-20-34)39-32-40(35-21-11-5-12-22-35,36-23-13-6-14-24-36)29-30-41(39,37-25-15-7-16-26-37)38-27-17-8-18-28-38/h2-3,20,35-39H,1,4-19,21-32H2/q+2/b3-2-,34-20+/t39-/m0/s1. The summed E-state index contributed by atoms with van der Waals surface area (Å²) >= 11 is 0. The first kappa shape index (κ1) is 31.1. The zero-order valence-electron chi connectivity index (χ0n) is 27.0. The molecule has 230 valence electrons. The lowest BCUT2D eigenvalue weighted by atomic mass is 9.97. The maximum Gasteiger partial charge on any atom is 0.125 e. The first-order valence-corrected chi connectivity index (χ1v) is 23.4. The highest BCUT2D eigenvalue weighted by Crippen LogP contribution is 2.86. The largest absolute Gasteiger partial charge is 0.125 e. The average Bonchev–Trinajstić information content (AvgIpc) is 3.03. The van der Waals surface area contributed by atoms with Crippen LogP contribution in [0.4, 0.5) is 0 Å². The third kappa shape index (κ3) is 6.85. The van der Waals surface area contributed by atoms with Crippen LogP contribution in [0.15, 0.2) is 36.0 Å². The molecule has 2 heteroatoms. The maximum atomic E-state index is 5.25. The van der Waals surface area contributed by atoms with Crippen molar-refractivity contribution < 1.29 is 0 Å². The van der Waals surface area contributed by atoms with Crippen LogP contribution < -0.4 is 0 Å². The Balaban J connectivity index is 1.39. The number of hydrogen-bond acceptors (Lipinski definition) is 0. The summed E-state index contributed by atoms with van der Waals surface area (Å²) in [5.41, 5.74) is 9.00. The van der Waals surface area contributed by atoms with Crippen molar-refractivity contribution in [3.8, 4) is 0 Å². The van der Waals surface area contributed by atoms with E-state index in [1.54, 1.807) is 132 Å². The Morgan fingerprint density at radius 1 is 0.585 bits per heavy atom. The lowest BCUT2D eigenvalue weighted by molar-refractivity contribution is 0.468. The summed E-state index contributed by atoms with van der Waals surface area (Å²) in [5, 5.41) is 0. The minimum Gasteiger partial charge on any atom is -0.0955 e. The van der Waals surface area contributed by atoms with Gasteiger partial charge in [0.05, 0.1) is 35.0 Å². The third-order valence-electron chi connectivity index (χ3n) is 13.6. The fraction of sp³-hybridized carbons (Fsp3) is 0.846. The molecular weight excluding hydrogens is 530 g/mol. The van der Waals surface area contributed by atoms with Crippen molar-refractivity contribution in [3.63, 3.8) is 0 Å². The van der Waals surface area contributed by atoms with Gasteiger partial charge >= 0.3 is 0 Å². The Bertz CT molecular complexity index is 853. The highest BCUT2D eigenvalue weighted by atomic mass is 31.2. The Hall–Kier alpha value is 0.0800. The Kier molecular flexibility index (Phi) is 11.3. The fourth-order valence-corrected chi connectivity index (χ4v) is 28.4. The zero-order chi connectivity index (χ0) is 28.0. The van der Waals surface area contributed by atoms with Crippen LogP contribution in [0, 0.1) is 0 Å². The van der Waals surface area contributed by atoms with Gasteiger partial charge in [-0.1, -0.05) is 56.1 Å². The summed E-state index contributed by atoms with van der Waals surface area (Å²) in [4.78, 5) is 0. The van der Waals surface area contributed by atoms with Gasteiger partial charge in [0.2, 0.25) is 0 Å².